The van der Waals surface area contributed by atoms with E-state index in [1.165, 1.54) is 0 Å². The van der Waals surface area contributed by atoms with E-state index in [4.69, 9.17) is 10.5 Å². The fourth-order valence-corrected chi connectivity index (χ4v) is 2.09. The zero-order valence-electron chi connectivity index (χ0n) is 10.5. The Morgan fingerprint density at radius 2 is 1.89 bits per heavy atom. The molecule has 1 aromatic carbocycles. The first-order valence-electron chi connectivity index (χ1n) is 6.06. The SMILES string of the molecule is N#C/C(C(N)=O)=C(\c1ccccc1)N1CCOCC1. The number of hydrogen-bond acceptors (Lipinski definition) is 4. The molecule has 1 amide bonds. The molecule has 1 aliphatic rings. The van der Waals surface area contributed by atoms with Gasteiger partial charge in [-0.3, -0.25) is 4.79 Å². The van der Waals surface area contributed by atoms with Gasteiger partial charge in [-0.2, -0.15) is 5.26 Å². The number of benzene rings is 1. The Morgan fingerprint density at radius 3 is 2.42 bits per heavy atom. The Kier molecular flexibility index (Phi) is 4.16. The van der Waals surface area contributed by atoms with Crippen LogP contribution in [0.1, 0.15) is 5.56 Å². The molecule has 0 radical (unpaired) electrons. The van der Waals surface area contributed by atoms with E-state index in [0.29, 0.717) is 32.0 Å². The van der Waals surface area contributed by atoms with Crippen LogP contribution in [0.25, 0.3) is 5.70 Å². The summed E-state index contributed by atoms with van der Waals surface area (Å²) in [6.45, 7) is 2.44. The summed E-state index contributed by atoms with van der Waals surface area (Å²) in [7, 11) is 0. The van der Waals surface area contributed by atoms with Gasteiger partial charge in [0.25, 0.3) is 5.91 Å². The van der Waals surface area contributed by atoms with Crippen molar-refractivity contribution in [2.75, 3.05) is 26.3 Å². The number of hydrogen-bond donors (Lipinski definition) is 1. The van der Waals surface area contributed by atoms with Gasteiger partial charge in [-0.15, -0.1) is 0 Å². The lowest BCUT2D eigenvalue weighted by molar-refractivity contribution is -0.114. The molecular weight excluding hydrogens is 242 g/mol. The van der Waals surface area contributed by atoms with Crippen LogP contribution in [0.15, 0.2) is 35.9 Å². The number of carbonyl (C=O) groups is 1. The molecule has 0 unspecified atom stereocenters. The number of amides is 1. The fraction of sp³-hybridized carbons (Fsp3) is 0.286. The molecule has 0 atom stereocenters. The molecular formula is C14H15N3O2. The largest absolute Gasteiger partial charge is 0.378 e. The minimum absolute atomic E-state index is 0.00639. The lowest BCUT2D eigenvalue weighted by Gasteiger charge is -2.31. The molecule has 0 spiro atoms. The quantitative estimate of drug-likeness (QED) is 0.639. The van der Waals surface area contributed by atoms with Crippen LogP contribution < -0.4 is 5.73 Å². The van der Waals surface area contributed by atoms with Gasteiger partial charge in [-0.05, 0) is 5.56 Å². The van der Waals surface area contributed by atoms with E-state index in [1.54, 1.807) is 0 Å². The standard InChI is InChI=1S/C14H15N3O2/c15-10-12(14(16)18)13(11-4-2-1-3-5-11)17-6-8-19-9-7-17/h1-5H,6-9H2,(H2,16,18)/b13-12-. The van der Waals surface area contributed by atoms with Gasteiger partial charge in [-0.1, -0.05) is 30.3 Å². The minimum Gasteiger partial charge on any atom is -0.378 e. The highest BCUT2D eigenvalue weighted by atomic mass is 16.5. The predicted octanol–water partition coefficient (Wildman–Crippen LogP) is 0.739. The van der Waals surface area contributed by atoms with Gasteiger partial charge in [0.1, 0.15) is 11.6 Å². The van der Waals surface area contributed by atoms with Gasteiger partial charge in [-0.25, -0.2) is 0 Å². The van der Waals surface area contributed by atoms with E-state index in [-0.39, 0.29) is 5.57 Å². The first-order chi connectivity index (χ1) is 9.24. The number of ether oxygens (including phenoxy) is 1. The lowest BCUT2D eigenvalue weighted by atomic mass is 10.0. The number of rotatable bonds is 3. The molecule has 0 saturated carbocycles. The van der Waals surface area contributed by atoms with Crippen LogP contribution in [0.3, 0.4) is 0 Å². The minimum atomic E-state index is -0.701. The first-order valence-corrected chi connectivity index (χ1v) is 6.06. The summed E-state index contributed by atoms with van der Waals surface area (Å²) in [4.78, 5) is 13.4. The summed E-state index contributed by atoms with van der Waals surface area (Å²) < 4.78 is 5.30. The highest BCUT2D eigenvalue weighted by Gasteiger charge is 2.22. The molecule has 5 nitrogen and oxygen atoms in total. The monoisotopic (exact) mass is 257 g/mol. The van der Waals surface area contributed by atoms with Crippen LogP contribution in [0, 0.1) is 11.3 Å². The third-order valence-corrected chi connectivity index (χ3v) is 2.97. The number of carbonyl (C=O) groups excluding carboxylic acids is 1. The van der Waals surface area contributed by atoms with E-state index in [2.05, 4.69) is 0 Å². The summed E-state index contributed by atoms with van der Waals surface area (Å²) >= 11 is 0. The normalized spacial score (nSPS) is 16.5. The molecule has 1 aliphatic heterocycles. The maximum absolute atomic E-state index is 11.5. The van der Waals surface area contributed by atoms with Crippen molar-refractivity contribution in [2.24, 2.45) is 5.73 Å². The van der Waals surface area contributed by atoms with Crippen LogP contribution >= 0.6 is 0 Å². The number of primary amides is 1. The van der Waals surface area contributed by atoms with Crippen molar-refractivity contribution < 1.29 is 9.53 Å². The number of nitriles is 1. The lowest BCUT2D eigenvalue weighted by Crippen LogP contribution is -2.36. The molecule has 0 bridgehead atoms. The van der Waals surface area contributed by atoms with Crippen molar-refractivity contribution in [2.45, 2.75) is 0 Å². The van der Waals surface area contributed by atoms with E-state index in [1.807, 2.05) is 41.3 Å². The fourth-order valence-electron chi connectivity index (χ4n) is 2.09. The van der Waals surface area contributed by atoms with Crippen LogP contribution in [0.5, 0.6) is 0 Å². The van der Waals surface area contributed by atoms with Crippen LogP contribution in [-0.4, -0.2) is 37.1 Å². The predicted molar refractivity (Wildman–Crippen MR) is 70.6 cm³/mol. The second-order valence-corrected chi connectivity index (χ2v) is 4.17. The first kappa shape index (κ1) is 13.1. The van der Waals surface area contributed by atoms with E-state index < -0.39 is 5.91 Å². The zero-order chi connectivity index (χ0) is 13.7. The van der Waals surface area contributed by atoms with Crippen molar-refractivity contribution in [3.63, 3.8) is 0 Å². The van der Waals surface area contributed by atoms with Crippen LogP contribution in [0.4, 0.5) is 0 Å². The maximum Gasteiger partial charge on any atom is 0.261 e. The molecule has 0 aliphatic carbocycles. The van der Waals surface area contributed by atoms with Gasteiger partial charge < -0.3 is 15.4 Å². The number of morpholine rings is 1. The Bertz CT molecular complexity index is 525. The summed E-state index contributed by atoms with van der Waals surface area (Å²) in [5.41, 5.74) is 6.72. The third-order valence-electron chi connectivity index (χ3n) is 2.97. The van der Waals surface area contributed by atoms with Crippen molar-refractivity contribution in [1.29, 1.82) is 5.26 Å². The Balaban J connectivity index is 2.50. The Morgan fingerprint density at radius 1 is 1.26 bits per heavy atom. The zero-order valence-corrected chi connectivity index (χ0v) is 10.5. The van der Waals surface area contributed by atoms with E-state index in [9.17, 15) is 10.1 Å². The summed E-state index contributed by atoms with van der Waals surface area (Å²) in [6.07, 6.45) is 0. The molecule has 2 N–H and O–H groups in total. The highest BCUT2D eigenvalue weighted by molar-refractivity contribution is 6.03. The molecule has 0 aromatic heterocycles. The third kappa shape index (κ3) is 2.92. The molecule has 5 heteroatoms. The average molecular weight is 257 g/mol. The van der Waals surface area contributed by atoms with Gasteiger partial charge in [0.15, 0.2) is 0 Å². The van der Waals surface area contributed by atoms with E-state index in [0.717, 1.165) is 5.56 Å². The van der Waals surface area contributed by atoms with Crippen LogP contribution in [-0.2, 0) is 9.53 Å². The second-order valence-electron chi connectivity index (χ2n) is 4.17. The van der Waals surface area contributed by atoms with Gasteiger partial charge in [0.05, 0.1) is 18.9 Å². The van der Waals surface area contributed by atoms with Crippen LogP contribution in [0.2, 0.25) is 0 Å². The number of nitrogens with two attached hydrogens (primary N) is 1. The maximum atomic E-state index is 11.5. The molecule has 1 fully saturated rings. The highest BCUT2D eigenvalue weighted by Crippen LogP contribution is 2.23. The smallest absolute Gasteiger partial charge is 0.261 e. The Hall–Kier alpha value is -2.32. The molecule has 1 heterocycles. The van der Waals surface area contributed by atoms with Gasteiger partial charge >= 0.3 is 0 Å². The number of nitrogens with zero attached hydrogens (tertiary/aromatic N) is 2. The summed E-state index contributed by atoms with van der Waals surface area (Å²) in [6, 6.07) is 11.3. The van der Waals surface area contributed by atoms with Gasteiger partial charge in [0.2, 0.25) is 0 Å². The Labute approximate surface area is 111 Å². The van der Waals surface area contributed by atoms with Crippen molar-refractivity contribution in [1.82, 2.24) is 4.90 Å². The molecule has 19 heavy (non-hydrogen) atoms. The molecule has 98 valence electrons. The average Bonchev–Trinajstić information content (AvgIpc) is 2.46. The van der Waals surface area contributed by atoms with Crippen molar-refractivity contribution >= 4 is 11.6 Å². The van der Waals surface area contributed by atoms with Crippen molar-refractivity contribution in [3.05, 3.63) is 41.5 Å². The summed E-state index contributed by atoms with van der Waals surface area (Å²) in [5, 5.41) is 9.19. The molecule has 2 rings (SSSR count). The topological polar surface area (TPSA) is 79.3 Å². The second kappa shape index (κ2) is 6.03. The van der Waals surface area contributed by atoms with E-state index >= 15 is 0 Å². The molecule has 1 saturated heterocycles. The van der Waals surface area contributed by atoms with Gasteiger partial charge in [0, 0.05) is 13.1 Å². The summed E-state index contributed by atoms with van der Waals surface area (Å²) in [5.74, 6) is -0.701. The van der Waals surface area contributed by atoms with Crippen molar-refractivity contribution in [3.8, 4) is 6.07 Å². The molecule has 1 aromatic rings.